The Bertz CT molecular complexity index is 314. The van der Waals surface area contributed by atoms with Crippen molar-refractivity contribution < 1.29 is 23.8 Å². The van der Waals surface area contributed by atoms with E-state index in [0.717, 1.165) is 0 Å². The smallest absolute Gasteiger partial charge is 0.346 e. The molecule has 2 aliphatic rings. The summed E-state index contributed by atoms with van der Waals surface area (Å²) in [5.74, 6) is -1.43. The summed E-state index contributed by atoms with van der Waals surface area (Å²) >= 11 is 0. The lowest BCUT2D eigenvalue weighted by Crippen LogP contribution is -2.55. The average Bonchev–Trinajstić information content (AvgIpc) is 2.52. The maximum absolute atomic E-state index is 11.8. The largest absolute Gasteiger partial charge is 0.467 e. The Morgan fingerprint density at radius 1 is 1.73 bits per heavy atom. The molecule has 0 aromatic heterocycles. The number of hydrogen-bond donors (Lipinski definition) is 0. The van der Waals surface area contributed by atoms with Gasteiger partial charge in [-0.2, -0.15) is 0 Å². The number of fused-ring (bicyclic) bond motifs is 2. The standard InChI is InChI=1S/C10H12O5/c1-3-6-5-14-8-4-7(11)10(6,15-8)9(12)13-2/h3,6,8H,1,4-5H2,2H3/t6-,8-,10-/m0/s1. The summed E-state index contributed by atoms with van der Waals surface area (Å²) in [7, 11) is 1.23. The van der Waals surface area contributed by atoms with Gasteiger partial charge in [-0.15, -0.1) is 6.58 Å². The molecule has 0 radical (unpaired) electrons. The molecule has 0 N–H and O–H groups in total. The number of ether oxygens (including phenoxy) is 3. The Labute approximate surface area is 87.0 Å². The van der Waals surface area contributed by atoms with Gasteiger partial charge in [-0.25, -0.2) is 4.79 Å². The van der Waals surface area contributed by atoms with Crippen molar-refractivity contribution in [3.8, 4) is 0 Å². The third-order valence-corrected chi connectivity index (χ3v) is 2.84. The van der Waals surface area contributed by atoms with Crippen LogP contribution in [0, 0.1) is 5.92 Å². The third-order valence-electron chi connectivity index (χ3n) is 2.84. The second kappa shape index (κ2) is 3.43. The molecule has 2 fully saturated rings. The fraction of sp³-hybridized carbons (Fsp3) is 0.600. The lowest BCUT2D eigenvalue weighted by atomic mass is 9.84. The molecule has 0 unspecified atom stereocenters. The summed E-state index contributed by atoms with van der Waals surface area (Å²) in [5.41, 5.74) is -1.51. The van der Waals surface area contributed by atoms with Crippen LogP contribution in [-0.4, -0.2) is 37.4 Å². The number of hydrogen-bond acceptors (Lipinski definition) is 5. The van der Waals surface area contributed by atoms with E-state index in [2.05, 4.69) is 11.3 Å². The van der Waals surface area contributed by atoms with E-state index in [-0.39, 0.29) is 18.8 Å². The van der Waals surface area contributed by atoms with Gasteiger partial charge in [0.1, 0.15) is 0 Å². The predicted octanol–water partition coefficient (Wildman–Crippen LogP) is 0.0461. The van der Waals surface area contributed by atoms with Crippen molar-refractivity contribution in [3.63, 3.8) is 0 Å². The molecule has 5 nitrogen and oxygen atoms in total. The summed E-state index contributed by atoms with van der Waals surface area (Å²) in [6.45, 7) is 3.84. The van der Waals surface area contributed by atoms with Gasteiger partial charge in [-0.1, -0.05) is 6.08 Å². The van der Waals surface area contributed by atoms with E-state index in [9.17, 15) is 9.59 Å². The Morgan fingerprint density at radius 2 is 2.47 bits per heavy atom. The summed E-state index contributed by atoms with van der Waals surface area (Å²) in [4.78, 5) is 23.4. The minimum atomic E-state index is -1.51. The monoisotopic (exact) mass is 212 g/mol. The van der Waals surface area contributed by atoms with Crippen molar-refractivity contribution in [2.45, 2.75) is 18.3 Å². The summed E-state index contributed by atoms with van der Waals surface area (Å²) in [5, 5.41) is 0. The van der Waals surface area contributed by atoms with Gasteiger partial charge in [-0.3, -0.25) is 4.79 Å². The van der Waals surface area contributed by atoms with E-state index in [4.69, 9.17) is 9.47 Å². The normalized spacial score (nSPS) is 38.9. The number of Topliss-reactive ketones (excluding diaryl/α,β-unsaturated/α-hetero) is 1. The highest BCUT2D eigenvalue weighted by Gasteiger charge is 2.62. The molecular formula is C10H12O5. The summed E-state index contributed by atoms with van der Waals surface area (Å²) in [6.07, 6.45) is 0.975. The van der Waals surface area contributed by atoms with E-state index in [1.165, 1.54) is 13.2 Å². The number of esters is 1. The molecule has 2 heterocycles. The van der Waals surface area contributed by atoms with E-state index >= 15 is 0 Å². The number of carbonyl (C=O) groups excluding carboxylic acids is 2. The fourth-order valence-electron chi connectivity index (χ4n) is 2.03. The molecule has 0 saturated carbocycles. The van der Waals surface area contributed by atoms with Crippen molar-refractivity contribution in [1.82, 2.24) is 0 Å². The van der Waals surface area contributed by atoms with Crippen molar-refractivity contribution in [2.75, 3.05) is 13.7 Å². The molecular weight excluding hydrogens is 200 g/mol. The molecule has 0 aliphatic carbocycles. The van der Waals surface area contributed by atoms with E-state index in [1.54, 1.807) is 0 Å². The molecule has 3 atom stereocenters. The molecule has 2 rings (SSSR count). The van der Waals surface area contributed by atoms with Gasteiger partial charge in [0.05, 0.1) is 20.1 Å². The number of carbonyl (C=O) groups is 2. The summed E-state index contributed by atoms with van der Waals surface area (Å²) < 4.78 is 15.2. The highest BCUT2D eigenvalue weighted by atomic mass is 16.7. The Balaban J connectivity index is 2.41. The van der Waals surface area contributed by atoms with Gasteiger partial charge < -0.3 is 14.2 Å². The van der Waals surface area contributed by atoms with Crippen LogP contribution in [0.3, 0.4) is 0 Å². The number of methoxy groups -OCH3 is 1. The zero-order chi connectivity index (χ0) is 11.1. The molecule has 0 amide bonds. The molecule has 2 aliphatic heterocycles. The highest BCUT2D eigenvalue weighted by Crippen LogP contribution is 2.40. The van der Waals surface area contributed by atoms with Crippen LogP contribution in [0.15, 0.2) is 12.7 Å². The molecule has 0 spiro atoms. The van der Waals surface area contributed by atoms with Crippen LogP contribution in [0.25, 0.3) is 0 Å². The first kappa shape index (κ1) is 10.3. The van der Waals surface area contributed by atoms with Crippen LogP contribution >= 0.6 is 0 Å². The van der Waals surface area contributed by atoms with Gasteiger partial charge in [-0.05, 0) is 0 Å². The van der Waals surface area contributed by atoms with E-state index in [0.29, 0.717) is 0 Å². The third kappa shape index (κ3) is 1.23. The zero-order valence-electron chi connectivity index (χ0n) is 8.39. The van der Waals surface area contributed by atoms with Gasteiger partial charge >= 0.3 is 5.97 Å². The van der Waals surface area contributed by atoms with Crippen LogP contribution in [0.4, 0.5) is 0 Å². The van der Waals surface area contributed by atoms with Gasteiger partial charge in [0.15, 0.2) is 12.1 Å². The van der Waals surface area contributed by atoms with Gasteiger partial charge in [0.25, 0.3) is 0 Å². The highest BCUT2D eigenvalue weighted by molar-refractivity contribution is 6.09. The number of rotatable bonds is 2. The lowest BCUT2D eigenvalue weighted by molar-refractivity contribution is -0.237. The minimum absolute atomic E-state index is 0.0967. The van der Waals surface area contributed by atoms with Crippen molar-refractivity contribution in [2.24, 2.45) is 5.92 Å². The van der Waals surface area contributed by atoms with E-state index in [1.807, 2.05) is 0 Å². The minimum Gasteiger partial charge on any atom is -0.467 e. The topological polar surface area (TPSA) is 61.8 Å². The van der Waals surface area contributed by atoms with Gasteiger partial charge in [0.2, 0.25) is 5.60 Å². The molecule has 2 bridgehead atoms. The summed E-state index contributed by atoms with van der Waals surface area (Å²) in [6, 6.07) is 0. The molecule has 15 heavy (non-hydrogen) atoms. The second-order valence-electron chi connectivity index (χ2n) is 3.58. The first-order chi connectivity index (χ1) is 7.15. The predicted molar refractivity (Wildman–Crippen MR) is 48.9 cm³/mol. The first-order valence-corrected chi connectivity index (χ1v) is 4.69. The lowest BCUT2D eigenvalue weighted by Gasteiger charge is -2.34. The van der Waals surface area contributed by atoms with Crippen LogP contribution in [-0.2, 0) is 23.8 Å². The van der Waals surface area contributed by atoms with E-state index < -0.39 is 23.8 Å². The van der Waals surface area contributed by atoms with Gasteiger partial charge in [0, 0.05) is 5.92 Å². The SMILES string of the molecule is C=C[C@H]1CO[C@@H]2CC(=O)[C@@]1(C(=O)OC)O2. The quantitative estimate of drug-likeness (QED) is 0.367. The second-order valence-corrected chi connectivity index (χ2v) is 3.58. The van der Waals surface area contributed by atoms with Crippen molar-refractivity contribution in [1.29, 1.82) is 0 Å². The Kier molecular flexibility index (Phi) is 2.36. The Morgan fingerprint density at radius 3 is 3.07 bits per heavy atom. The van der Waals surface area contributed by atoms with Crippen LogP contribution in [0.2, 0.25) is 0 Å². The maximum atomic E-state index is 11.8. The maximum Gasteiger partial charge on any atom is 0.346 e. The average molecular weight is 212 g/mol. The zero-order valence-corrected chi connectivity index (χ0v) is 8.39. The Hall–Kier alpha value is -1.20. The van der Waals surface area contributed by atoms with Crippen molar-refractivity contribution >= 4 is 11.8 Å². The molecule has 0 aromatic rings. The molecule has 2 saturated heterocycles. The number of ketones is 1. The van der Waals surface area contributed by atoms with Crippen LogP contribution < -0.4 is 0 Å². The van der Waals surface area contributed by atoms with Crippen LogP contribution in [0.5, 0.6) is 0 Å². The molecule has 0 aromatic carbocycles. The molecule has 5 heteroatoms. The van der Waals surface area contributed by atoms with Crippen LogP contribution in [0.1, 0.15) is 6.42 Å². The van der Waals surface area contributed by atoms with Crippen molar-refractivity contribution in [3.05, 3.63) is 12.7 Å². The fourth-order valence-corrected chi connectivity index (χ4v) is 2.03. The first-order valence-electron chi connectivity index (χ1n) is 4.69. The molecule has 82 valence electrons.